The quantitative estimate of drug-likeness (QED) is 0.530. The van der Waals surface area contributed by atoms with E-state index in [1.165, 1.54) is 16.4 Å². The molecular weight excluding hydrogens is 370 g/mol. The van der Waals surface area contributed by atoms with Crippen molar-refractivity contribution in [1.82, 2.24) is 9.62 Å². The van der Waals surface area contributed by atoms with Gasteiger partial charge in [0.25, 0.3) is 0 Å². The van der Waals surface area contributed by atoms with Crippen molar-refractivity contribution in [1.29, 1.82) is 0 Å². The Balaban J connectivity index is 2.13. The molecule has 27 heavy (non-hydrogen) atoms. The number of unbranched alkanes of at least 4 members (excludes halogenated alkanes) is 1. The monoisotopic (exact) mass is 397 g/mol. The lowest BCUT2D eigenvalue weighted by molar-refractivity contribution is -0.142. The molecule has 1 aromatic rings. The van der Waals surface area contributed by atoms with Gasteiger partial charge in [-0.15, -0.1) is 0 Å². The molecule has 0 bridgehead atoms. The Labute approximate surface area is 159 Å². The number of amides is 1. The maximum atomic E-state index is 12.9. The number of rotatable bonds is 9. The normalized spacial score (nSPS) is 19.0. The topological polar surface area (TPSA) is 130 Å². The van der Waals surface area contributed by atoms with Crippen molar-refractivity contribution in [2.45, 2.75) is 56.0 Å². The number of carboxylic acids is 1. The highest BCUT2D eigenvalue weighted by Crippen LogP contribution is 2.26. The maximum absolute atomic E-state index is 12.9. The third kappa shape index (κ3) is 5.27. The number of benzene rings is 1. The summed E-state index contributed by atoms with van der Waals surface area (Å²) in [6.07, 6.45) is 2.41. The number of carboxylic acid groups (broad SMARTS) is 1. The lowest BCUT2D eigenvalue weighted by Gasteiger charge is -2.25. The maximum Gasteiger partial charge on any atom is 0.326 e. The number of nitrogens with one attached hydrogen (secondary N) is 1. The van der Waals surface area contributed by atoms with Crippen LogP contribution in [0.2, 0.25) is 0 Å². The SMILES string of the molecule is Cc1ccc(S(=O)(=O)N2CCC[C@H]2C(=O)N[C@@H](CCCCN)C(=O)O)cc1. The van der Waals surface area contributed by atoms with Crippen LogP contribution in [0.15, 0.2) is 29.2 Å². The molecule has 1 aliphatic heterocycles. The summed E-state index contributed by atoms with van der Waals surface area (Å²) in [5, 5.41) is 11.8. The number of aryl methyl sites for hydroxylation is 1. The summed E-state index contributed by atoms with van der Waals surface area (Å²) in [5.74, 6) is -1.70. The molecule has 150 valence electrons. The van der Waals surface area contributed by atoms with Crippen LogP contribution in [-0.2, 0) is 19.6 Å². The molecule has 9 heteroatoms. The van der Waals surface area contributed by atoms with Crippen molar-refractivity contribution < 1.29 is 23.1 Å². The zero-order valence-electron chi connectivity index (χ0n) is 15.4. The number of nitrogens with two attached hydrogens (primary N) is 1. The van der Waals surface area contributed by atoms with Gasteiger partial charge in [-0.2, -0.15) is 4.31 Å². The van der Waals surface area contributed by atoms with E-state index in [0.717, 1.165) is 5.56 Å². The first-order valence-electron chi connectivity index (χ1n) is 9.09. The lowest BCUT2D eigenvalue weighted by Crippen LogP contribution is -2.50. The number of carbonyl (C=O) groups excluding carboxylic acids is 1. The molecule has 0 spiro atoms. The molecule has 0 radical (unpaired) electrons. The molecule has 2 atom stereocenters. The van der Waals surface area contributed by atoms with Gasteiger partial charge in [0.1, 0.15) is 12.1 Å². The van der Waals surface area contributed by atoms with Crippen LogP contribution in [0.5, 0.6) is 0 Å². The van der Waals surface area contributed by atoms with E-state index in [1.54, 1.807) is 12.1 Å². The molecule has 2 rings (SSSR count). The van der Waals surface area contributed by atoms with Gasteiger partial charge in [-0.05, 0) is 57.7 Å². The molecule has 1 aromatic carbocycles. The van der Waals surface area contributed by atoms with Gasteiger partial charge in [0.2, 0.25) is 15.9 Å². The van der Waals surface area contributed by atoms with Crippen molar-refractivity contribution in [3.8, 4) is 0 Å². The fraction of sp³-hybridized carbons (Fsp3) is 0.556. The Bertz CT molecular complexity index is 764. The van der Waals surface area contributed by atoms with Crippen molar-refractivity contribution in [2.24, 2.45) is 5.73 Å². The minimum atomic E-state index is -3.82. The first kappa shape index (κ1) is 21.3. The molecule has 1 amide bonds. The molecule has 0 saturated carbocycles. The van der Waals surface area contributed by atoms with Crippen LogP contribution in [0.3, 0.4) is 0 Å². The molecule has 0 aromatic heterocycles. The average Bonchev–Trinajstić information content (AvgIpc) is 3.12. The summed E-state index contributed by atoms with van der Waals surface area (Å²) in [7, 11) is -3.82. The summed E-state index contributed by atoms with van der Waals surface area (Å²) in [5.41, 5.74) is 6.35. The van der Waals surface area contributed by atoms with Crippen LogP contribution in [-0.4, -0.2) is 54.9 Å². The number of nitrogens with zero attached hydrogens (tertiary/aromatic N) is 1. The van der Waals surface area contributed by atoms with Crippen molar-refractivity contribution in [3.63, 3.8) is 0 Å². The van der Waals surface area contributed by atoms with Gasteiger partial charge in [0.05, 0.1) is 4.90 Å². The first-order valence-corrected chi connectivity index (χ1v) is 10.5. The van der Waals surface area contributed by atoms with E-state index in [-0.39, 0.29) is 17.9 Å². The summed E-state index contributed by atoms with van der Waals surface area (Å²) in [4.78, 5) is 24.2. The Hall–Kier alpha value is -1.97. The summed E-state index contributed by atoms with van der Waals surface area (Å²) in [6, 6.07) is 4.50. The second-order valence-electron chi connectivity index (χ2n) is 6.77. The highest BCUT2D eigenvalue weighted by atomic mass is 32.2. The second kappa shape index (κ2) is 9.29. The van der Waals surface area contributed by atoms with Crippen LogP contribution in [0.1, 0.15) is 37.7 Å². The van der Waals surface area contributed by atoms with Gasteiger partial charge in [-0.1, -0.05) is 17.7 Å². The van der Waals surface area contributed by atoms with E-state index >= 15 is 0 Å². The zero-order valence-corrected chi connectivity index (χ0v) is 16.2. The Kier molecular flexibility index (Phi) is 7.34. The molecule has 1 heterocycles. The van der Waals surface area contributed by atoms with E-state index in [9.17, 15) is 23.1 Å². The van der Waals surface area contributed by atoms with Crippen LogP contribution in [0.4, 0.5) is 0 Å². The van der Waals surface area contributed by atoms with Gasteiger partial charge in [0, 0.05) is 6.54 Å². The van der Waals surface area contributed by atoms with E-state index in [4.69, 9.17) is 5.73 Å². The number of sulfonamides is 1. The van der Waals surface area contributed by atoms with E-state index in [1.807, 2.05) is 6.92 Å². The smallest absolute Gasteiger partial charge is 0.326 e. The number of hydrogen-bond acceptors (Lipinski definition) is 5. The van der Waals surface area contributed by atoms with Crippen molar-refractivity contribution >= 4 is 21.9 Å². The van der Waals surface area contributed by atoms with Gasteiger partial charge in [-0.3, -0.25) is 4.79 Å². The van der Waals surface area contributed by atoms with Crippen LogP contribution >= 0.6 is 0 Å². The molecule has 1 fully saturated rings. The summed E-state index contributed by atoms with van der Waals surface area (Å²) in [6.45, 7) is 2.55. The minimum Gasteiger partial charge on any atom is -0.480 e. The van der Waals surface area contributed by atoms with E-state index < -0.39 is 34.0 Å². The van der Waals surface area contributed by atoms with Gasteiger partial charge >= 0.3 is 5.97 Å². The Morgan fingerprint density at radius 3 is 2.56 bits per heavy atom. The van der Waals surface area contributed by atoms with Gasteiger partial charge < -0.3 is 16.2 Å². The number of carbonyl (C=O) groups is 2. The molecule has 0 unspecified atom stereocenters. The van der Waals surface area contributed by atoms with E-state index in [2.05, 4.69) is 5.32 Å². The molecule has 1 saturated heterocycles. The molecule has 8 nitrogen and oxygen atoms in total. The third-order valence-electron chi connectivity index (χ3n) is 4.70. The van der Waals surface area contributed by atoms with E-state index in [0.29, 0.717) is 32.2 Å². The highest BCUT2D eigenvalue weighted by molar-refractivity contribution is 7.89. The van der Waals surface area contributed by atoms with Crippen LogP contribution < -0.4 is 11.1 Å². The van der Waals surface area contributed by atoms with Crippen LogP contribution in [0.25, 0.3) is 0 Å². The average molecular weight is 397 g/mol. The molecule has 1 aliphatic rings. The number of aliphatic carboxylic acids is 1. The Morgan fingerprint density at radius 2 is 1.96 bits per heavy atom. The largest absolute Gasteiger partial charge is 0.480 e. The van der Waals surface area contributed by atoms with Gasteiger partial charge in [-0.25, -0.2) is 13.2 Å². The summed E-state index contributed by atoms with van der Waals surface area (Å²) >= 11 is 0. The second-order valence-corrected chi connectivity index (χ2v) is 8.66. The van der Waals surface area contributed by atoms with Crippen LogP contribution in [0, 0.1) is 6.92 Å². The Morgan fingerprint density at radius 1 is 1.30 bits per heavy atom. The predicted molar refractivity (Wildman–Crippen MR) is 101 cm³/mol. The van der Waals surface area contributed by atoms with Crippen molar-refractivity contribution in [2.75, 3.05) is 13.1 Å². The molecular formula is C18H27N3O5S. The zero-order chi connectivity index (χ0) is 20.0. The fourth-order valence-electron chi connectivity index (χ4n) is 3.15. The first-order chi connectivity index (χ1) is 12.8. The predicted octanol–water partition coefficient (Wildman–Crippen LogP) is 0.847. The minimum absolute atomic E-state index is 0.130. The van der Waals surface area contributed by atoms with Crippen molar-refractivity contribution in [3.05, 3.63) is 29.8 Å². The molecule has 0 aliphatic carbocycles. The fourth-order valence-corrected chi connectivity index (χ4v) is 4.81. The van der Waals surface area contributed by atoms with Gasteiger partial charge in [0.15, 0.2) is 0 Å². The third-order valence-corrected chi connectivity index (χ3v) is 6.62. The molecule has 4 N–H and O–H groups in total. The lowest BCUT2D eigenvalue weighted by atomic mass is 10.1. The summed E-state index contributed by atoms with van der Waals surface area (Å²) < 4.78 is 27.0. The number of hydrogen-bond donors (Lipinski definition) is 3. The standard InChI is InChI=1S/C18H27N3O5S/c1-13-7-9-14(10-8-13)27(25,26)21-12-4-6-16(21)17(22)20-15(18(23)24)5-2-3-11-19/h7-10,15-16H,2-6,11-12,19H2,1H3,(H,20,22)(H,23,24)/t15-,16-/m0/s1. The highest BCUT2D eigenvalue weighted by Gasteiger charge is 2.40.